The second-order valence-corrected chi connectivity index (χ2v) is 7.44. The Labute approximate surface area is 174 Å². The molecular weight excluding hydrogens is 418 g/mol. The number of thiocarbonyl (C=S) groups is 1. The van der Waals surface area contributed by atoms with Gasteiger partial charge in [0.05, 0.1) is 20.8 Å². The number of hydrogen-bond acceptors (Lipinski definition) is 8. The van der Waals surface area contributed by atoms with E-state index in [-0.39, 0.29) is 17.4 Å². The minimum atomic E-state index is -0.748. The smallest absolute Gasteiger partial charge is 0.318 e. The Kier molecular flexibility index (Phi) is 5.89. The van der Waals surface area contributed by atoms with Crippen LogP contribution in [-0.4, -0.2) is 31.5 Å². The molecule has 2 aromatic carbocycles. The molecule has 0 aliphatic carbocycles. The number of likely N-dealkylation sites (N-methyl/N-ethyl adjacent to an activating group) is 1. The summed E-state index contributed by atoms with van der Waals surface area (Å²) in [6.07, 6.45) is 1.66. The summed E-state index contributed by atoms with van der Waals surface area (Å²) in [7, 11) is 0. The molecule has 1 aliphatic rings. The highest BCUT2D eigenvalue weighted by Crippen LogP contribution is 2.36. The molecule has 0 atom stereocenters. The van der Waals surface area contributed by atoms with Gasteiger partial charge in [0.2, 0.25) is 5.75 Å². The summed E-state index contributed by atoms with van der Waals surface area (Å²) in [5, 5.41) is 22.1. The fourth-order valence-corrected chi connectivity index (χ4v) is 3.95. The van der Waals surface area contributed by atoms with Crippen molar-refractivity contribution in [3.8, 4) is 11.5 Å². The summed E-state index contributed by atoms with van der Waals surface area (Å²) in [5.41, 5.74) is -0.284. The van der Waals surface area contributed by atoms with Crippen LogP contribution in [0.15, 0.2) is 47.4 Å². The molecule has 0 radical (unpaired) electrons. The predicted molar refractivity (Wildman–Crippen MR) is 112 cm³/mol. The molecule has 0 spiro atoms. The number of nitro benzene ring substituents is 2. The Morgan fingerprint density at radius 2 is 1.93 bits per heavy atom. The number of non-ortho nitro benzene ring substituents is 1. The van der Waals surface area contributed by atoms with Crippen molar-refractivity contribution in [3.05, 3.63) is 73.2 Å². The van der Waals surface area contributed by atoms with Gasteiger partial charge in [0.25, 0.3) is 11.6 Å². The van der Waals surface area contributed by atoms with E-state index in [2.05, 4.69) is 0 Å². The van der Waals surface area contributed by atoms with Gasteiger partial charge in [-0.3, -0.25) is 29.9 Å². The zero-order valence-corrected chi connectivity index (χ0v) is 16.6. The van der Waals surface area contributed by atoms with E-state index in [1.54, 1.807) is 30.3 Å². The number of benzene rings is 2. The zero-order valence-electron chi connectivity index (χ0n) is 14.9. The van der Waals surface area contributed by atoms with Crippen LogP contribution in [0.4, 0.5) is 11.4 Å². The number of nitrogens with zero attached hydrogens (tertiary/aromatic N) is 3. The minimum absolute atomic E-state index is 0.130. The average molecular weight is 431 g/mol. The summed E-state index contributed by atoms with van der Waals surface area (Å²) in [4.78, 5) is 34.9. The van der Waals surface area contributed by atoms with Crippen molar-refractivity contribution in [3.63, 3.8) is 0 Å². The normalized spacial score (nSPS) is 15.1. The van der Waals surface area contributed by atoms with E-state index in [1.807, 2.05) is 6.92 Å². The van der Waals surface area contributed by atoms with Gasteiger partial charge in [0.1, 0.15) is 10.1 Å². The summed E-state index contributed by atoms with van der Waals surface area (Å²) in [6, 6.07) is 9.74. The first-order chi connectivity index (χ1) is 13.8. The van der Waals surface area contributed by atoms with Crippen molar-refractivity contribution in [1.29, 1.82) is 0 Å². The van der Waals surface area contributed by atoms with E-state index in [1.165, 1.54) is 22.7 Å². The van der Waals surface area contributed by atoms with Crippen molar-refractivity contribution >= 4 is 51.7 Å². The van der Waals surface area contributed by atoms with Crippen molar-refractivity contribution in [1.82, 2.24) is 4.90 Å². The van der Waals surface area contributed by atoms with Crippen LogP contribution in [0.25, 0.3) is 6.08 Å². The Balaban J connectivity index is 1.89. The van der Waals surface area contributed by atoms with Crippen LogP contribution in [-0.2, 0) is 4.79 Å². The highest BCUT2D eigenvalue weighted by Gasteiger charge is 2.30. The van der Waals surface area contributed by atoms with Crippen molar-refractivity contribution < 1.29 is 19.4 Å². The van der Waals surface area contributed by atoms with Crippen LogP contribution in [0.3, 0.4) is 0 Å². The topological polar surface area (TPSA) is 116 Å². The maximum absolute atomic E-state index is 12.3. The average Bonchev–Trinajstić information content (AvgIpc) is 2.94. The summed E-state index contributed by atoms with van der Waals surface area (Å²) in [6.45, 7) is 2.31. The number of amides is 1. The quantitative estimate of drug-likeness (QED) is 0.284. The molecule has 0 unspecified atom stereocenters. The first-order valence-corrected chi connectivity index (χ1v) is 9.48. The second-order valence-electron chi connectivity index (χ2n) is 5.77. The molecule has 3 rings (SSSR count). The van der Waals surface area contributed by atoms with Gasteiger partial charge in [-0.2, -0.15) is 0 Å². The Hall–Kier alpha value is -3.31. The first-order valence-electron chi connectivity index (χ1n) is 8.26. The second kappa shape index (κ2) is 8.37. The van der Waals surface area contributed by atoms with Crippen LogP contribution in [0.5, 0.6) is 11.5 Å². The van der Waals surface area contributed by atoms with Crippen LogP contribution in [0, 0.1) is 20.2 Å². The summed E-state index contributed by atoms with van der Waals surface area (Å²) < 4.78 is 6.06. The number of carbonyl (C=O) groups excluding carboxylic acids is 1. The maximum Gasteiger partial charge on any atom is 0.318 e. The van der Waals surface area contributed by atoms with Gasteiger partial charge in [0.15, 0.2) is 0 Å². The number of ether oxygens (including phenoxy) is 1. The third kappa shape index (κ3) is 4.41. The maximum atomic E-state index is 12.3. The number of thioether (sulfide) groups is 1. The molecule has 148 valence electrons. The molecule has 0 N–H and O–H groups in total. The van der Waals surface area contributed by atoms with Crippen LogP contribution in [0.1, 0.15) is 12.5 Å². The standard InChI is InChI=1S/C18H13N3O6S2/c1-2-19-17(22)16(29-18(19)28)9-11-4-3-5-13(8-11)27-15-7-6-12(20(23)24)10-14(15)21(25)26/h3-10H,2H2,1H3/b16-9+. The number of nitro groups is 2. The third-order valence-corrected chi connectivity index (χ3v) is 5.30. The van der Waals surface area contributed by atoms with Gasteiger partial charge in [0, 0.05) is 12.6 Å². The van der Waals surface area contributed by atoms with E-state index in [0.29, 0.717) is 21.3 Å². The molecule has 1 heterocycles. The molecule has 0 aromatic heterocycles. The van der Waals surface area contributed by atoms with Crippen LogP contribution < -0.4 is 4.74 Å². The number of carbonyl (C=O) groups is 1. The molecule has 9 nitrogen and oxygen atoms in total. The Morgan fingerprint density at radius 3 is 2.55 bits per heavy atom. The molecule has 29 heavy (non-hydrogen) atoms. The van der Waals surface area contributed by atoms with Gasteiger partial charge >= 0.3 is 5.69 Å². The Bertz CT molecular complexity index is 1070. The lowest BCUT2D eigenvalue weighted by molar-refractivity contribution is -0.394. The van der Waals surface area contributed by atoms with Gasteiger partial charge in [-0.25, -0.2) is 0 Å². The fourth-order valence-electron chi connectivity index (χ4n) is 2.57. The molecule has 1 saturated heterocycles. The lowest BCUT2D eigenvalue weighted by atomic mass is 10.2. The summed E-state index contributed by atoms with van der Waals surface area (Å²) in [5.74, 6) is -0.0310. The predicted octanol–water partition coefficient (Wildman–Crippen LogP) is 4.52. The molecule has 11 heteroatoms. The lowest BCUT2D eigenvalue weighted by Crippen LogP contribution is -2.27. The van der Waals surface area contributed by atoms with E-state index < -0.39 is 21.2 Å². The molecule has 2 aromatic rings. The first kappa shape index (κ1) is 20.4. The van der Waals surface area contributed by atoms with Gasteiger partial charge in [-0.15, -0.1) is 0 Å². The third-order valence-electron chi connectivity index (χ3n) is 3.92. The van der Waals surface area contributed by atoms with Crippen molar-refractivity contribution in [2.75, 3.05) is 6.54 Å². The molecule has 1 aliphatic heterocycles. The van der Waals surface area contributed by atoms with Crippen molar-refractivity contribution in [2.45, 2.75) is 6.92 Å². The highest BCUT2D eigenvalue weighted by molar-refractivity contribution is 8.26. The summed E-state index contributed by atoms with van der Waals surface area (Å²) >= 11 is 6.38. The molecular formula is C18H13N3O6S2. The number of hydrogen-bond donors (Lipinski definition) is 0. The van der Waals surface area contributed by atoms with Crippen LogP contribution in [0.2, 0.25) is 0 Å². The van der Waals surface area contributed by atoms with E-state index in [4.69, 9.17) is 17.0 Å². The van der Waals surface area contributed by atoms with Gasteiger partial charge in [-0.05, 0) is 36.8 Å². The lowest BCUT2D eigenvalue weighted by Gasteiger charge is -2.09. The molecule has 0 bridgehead atoms. The minimum Gasteiger partial charge on any atom is -0.450 e. The van der Waals surface area contributed by atoms with E-state index in [9.17, 15) is 25.0 Å². The van der Waals surface area contributed by atoms with Crippen LogP contribution >= 0.6 is 24.0 Å². The molecule has 1 amide bonds. The van der Waals surface area contributed by atoms with Gasteiger partial charge < -0.3 is 4.74 Å². The highest BCUT2D eigenvalue weighted by atomic mass is 32.2. The number of rotatable bonds is 6. The molecule has 0 saturated carbocycles. The fraction of sp³-hybridized carbons (Fsp3) is 0.111. The van der Waals surface area contributed by atoms with Gasteiger partial charge in [-0.1, -0.05) is 36.1 Å². The van der Waals surface area contributed by atoms with Crippen molar-refractivity contribution in [2.24, 2.45) is 0 Å². The zero-order chi connectivity index (χ0) is 21.1. The molecule has 1 fully saturated rings. The van der Waals surface area contributed by atoms with E-state index in [0.717, 1.165) is 12.1 Å². The SMILES string of the molecule is CCN1C(=O)/C(=C\c2cccc(Oc3ccc([N+](=O)[O-])cc3[N+](=O)[O-])c2)SC1=S. The largest absolute Gasteiger partial charge is 0.450 e. The Morgan fingerprint density at radius 1 is 1.17 bits per heavy atom. The van der Waals surface area contributed by atoms with E-state index >= 15 is 0 Å². The monoisotopic (exact) mass is 431 g/mol.